The van der Waals surface area contributed by atoms with Gasteiger partial charge in [0.1, 0.15) is 0 Å². The molecule has 0 saturated carbocycles. The van der Waals surface area contributed by atoms with Gasteiger partial charge in [-0.15, -0.1) is 0 Å². The van der Waals surface area contributed by atoms with E-state index in [0.717, 1.165) is 22.4 Å². The Morgan fingerprint density at radius 3 is 2.24 bits per heavy atom. The van der Waals surface area contributed by atoms with Gasteiger partial charge in [0.25, 0.3) is 10.0 Å². The molecule has 0 fully saturated rings. The topological polar surface area (TPSA) is 74.8 Å². The molecule has 3 rings (SSSR count). The molecule has 0 radical (unpaired) electrons. The Morgan fingerprint density at radius 2 is 1.64 bits per heavy atom. The van der Waals surface area contributed by atoms with Gasteiger partial charge < -0.3 is 0 Å². The summed E-state index contributed by atoms with van der Waals surface area (Å²) < 4.78 is 27.5. The Bertz CT molecular complexity index is 957. The van der Waals surface area contributed by atoms with E-state index in [9.17, 15) is 8.42 Å². The monoisotopic (exact) mass is 355 g/mol. The molecule has 5 nitrogen and oxygen atoms in total. The molecular weight excluding hydrogens is 334 g/mol. The highest BCUT2D eigenvalue weighted by molar-refractivity contribution is 7.92. The van der Waals surface area contributed by atoms with Crippen molar-refractivity contribution in [3.05, 3.63) is 65.7 Å². The molecule has 0 aliphatic heterocycles. The summed E-state index contributed by atoms with van der Waals surface area (Å²) in [5, 5.41) is 6.92. The van der Waals surface area contributed by atoms with Gasteiger partial charge in [-0.1, -0.05) is 55.8 Å². The lowest BCUT2D eigenvalue weighted by atomic mass is 10.0. The molecule has 0 aliphatic rings. The van der Waals surface area contributed by atoms with Crippen molar-refractivity contribution in [2.75, 3.05) is 4.72 Å². The summed E-state index contributed by atoms with van der Waals surface area (Å²) in [4.78, 5) is 0.219. The maximum absolute atomic E-state index is 12.5. The van der Waals surface area contributed by atoms with Crippen molar-refractivity contribution >= 4 is 15.8 Å². The second-order valence-corrected chi connectivity index (χ2v) is 8.04. The summed E-state index contributed by atoms with van der Waals surface area (Å²) in [7, 11) is -3.66. The second-order valence-electron chi connectivity index (χ2n) is 6.36. The number of hydrogen-bond acceptors (Lipinski definition) is 3. The van der Waals surface area contributed by atoms with Gasteiger partial charge in [-0.25, -0.2) is 8.42 Å². The van der Waals surface area contributed by atoms with Crippen molar-refractivity contribution in [2.24, 2.45) is 0 Å². The van der Waals surface area contributed by atoms with Crippen LogP contribution in [0.15, 0.2) is 59.5 Å². The van der Waals surface area contributed by atoms with Crippen LogP contribution >= 0.6 is 0 Å². The first-order chi connectivity index (χ1) is 11.8. The average molecular weight is 355 g/mol. The third-order valence-electron chi connectivity index (χ3n) is 4.04. The van der Waals surface area contributed by atoms with Crippen molar-refractivity contribution < 1.29 is 8.42 Å². The number of sulfonamides is 1. The Morgan fingerprint density at radius 1 is 1.00 bits per heavy atom. The van der Waals surface area contributed by atoms with Crippen molar-refractivity contribution in [3.63, 3.8) is 0 Å². The van der Waals surface area contributed by atoms with Gasteiger partial charge >= 0.3 is 0 Å². The molecule has 6 heteroatoms. The number of nitrogens with zero attached hydrogens (tertiary/aromatic N) is 1. The fraction of sp³-hybridized carbons (Fsp3) is 0.211. The zero-order chi connectivity index (χ0) is 18.0. The standard InChI is InChI=1S/C19H21N3O2S/c1-13(2)15-8-10-17(11-9-15)25(23,24)22-19-12-18(20-21-19)16-6-4-14(3)5-7-16/h4-13H,1-3H3,(H2,20,21,22). The normalized spacial score (nSPS) is 11.7. The lowest BCUT2D eigenvalue weighted by Gasteiger charge is -2.08. The molecule has 0 saturated heterocycles. The van der Waals surface area contributed by atoms with Crippen molar-refractivity contribution in [1.29, 1.82) is 0 Å². The number of H-pyrrole nitrogens is 1. The van der Waals surface area contributed by atoms with E-state index in [4.69, 9.17) is 0 Å². The van der Waals surface area contributed by atoms with Crippen LogP contribution in [0.3, 0.4) is 0 Å². The highest BCUT2D eigenvalue weighted by Gasteiger charge is 2.16. The lowest BCUT2D eigenvalue weighted by molar-refractivity contribution is 0.601. The van der Waals surface area contributed by atoms with Crippen LogP contribution < -0.4 is 4.72 Å². The maximum Gasteiger partial charge on any atom is 0.263 e. The lowest BCUT2D eigenvalue weighted by Crippen LogP contribution is -2.13. The van der Waals surface area contributed by atoms with Crippen LogP contribution in [0, 0.1) is 6.92 Å². The van der Waals surface area contributed by atoms with Gasteiger partial charge in [-0.3, -0.25) is 9.82 Å². The largest absolute Gasteiger partial charge is 0.276 e. The van der Waals surface area contributed by atoms with Gasteiger partial charge in [-0.2, -0.15) is 5.10 Å². The first kappa shape index (κ1) is 17.2. The summed E-state index contributed by atoms with van der Waals surface area (Å²) in [6.07, 6.45) is 0. The highest BCUT2D eigenvalue weighted by atomic mass is 32.2. The second kappa shape index (κ2) is 6.72. The smallest absolute Gasteiger partial charge is 0.263 e. The third-order valence-corrected chi connectivity index (χ3v) is 5.41. The number of benzene rings is 2. The first-order valence-corrected chi connectivity index (χ1v) is 9.59. The van der Waals surface area contributed by atoms with Crippen LogP contribution in [0.1, 0.15) is 30.9 Å². The van der Waals surface area contributed by atoms with Gasteiger partial charge in [0.2, 0.25) is 0 Å². The van der Waals surface area contributed by atoms with Crippen LogP contribution in [0.25, 0.3) is 11.3 Å². The molecule has 1 aromatic heterocycles. The van der Waals surface area contributed by atoms with Crippen molar-refractivity contribution in [3.8, 4) is 11.3 Å². The van der Waals surface area contributed by atoms with E-state index in [1.807, 2.05) is 43.3 Å². The molecule has 0 spiro atoms. The van der Waals surface area contributed by atoms with Crippen LogP contribution in [0.5, 0.6) is 0 Å². The molecule has 0 amide bonds. The number of nitrogens with one attached hydrogen (secondary N) is 2. The highest BCUT2D eigenvalue weighted by Crippen LogP contribution is 2.23. The molecule has 3 aromatic rings. The number of anilines is 1. The van der Waals surface area contributed by atoms with Crippen LogP contribution in [-0.2, 0) is 10.0 Å². The number of rotatable bonds is 5. The summed E-state index contributed by atoms with van der Waals surface area (Å²) in [5.74, 6) is 0.622. The molecule has 1 heterocycles. The number of aromatic nitrogens is 2. The minimum Gasteiger partial charge on any atom is -0.276 e. The predicted molar refractivity (Wildman–Crippen MR) is 100 cm³/mol. The average Bonchev–Trinajstić information content (AvgIpc) is 3.03. The molecule has 2 N–H and O–H groups in total. The zero-order valence-corrected chi connectivity index (χ0v) is 15.3. The fourth-order valence-corrected chi connectivity index (χ4v) is 3.48. The van der Waals surface area contributed by atoms with E-state index in [-0.39, 0.29) is 10.7 Å². The Kier molecular flexibility index (Phi) is 4.63. The third kappa shape index (κ3) is 3.91. The number of aryl methyl sites for hydroxylation is 1. The predicted octanol–water partition coefficient (Wildman–Crippen LogP) is 4.31. The van der Waals surface area contributed by atoms with Gasteiger partial charge in [0, 0.05) is 6.07 Å². The SMILES string of the molecule is Cc1ccc(-c2cc(NS(=O)(=O)c3ccc(C(C)C)cc3)n[nH]2)cc1. The molecule has 0 unspecified atom stereocenters. The molecule has 2 aromatic carbocycles. The van der Waals surface area contributed by atoms with E-state index in [1.165, 1.54) is 0 Å². The summed E-state index contributed by atoms with van der Waals surface area (Å²) in [6.45, 7) is 6.15. The van der Waals surface area contributed by atoms with Crippen LogP contribution in [0.4, 0.5) is 5.82 Å². The Labute approximate surface area is 148 Å². The summed E-state index contributed by atoms with van der Waals surface area (Å²) in [6, 6.07) is 16.5. The van der Waals surface area contributed by atoms with Crippen molar-refractivity contribution in [2.45, 2.75) is 31.6 Å². The minimum absolute atomic E-state index is 0.219. The summed E-state index contributed by atoms with van der Waals surface area (Å²) >= 11 is 0. The maximum atomic E-state index is 12.5. The zero-order valence-electron chi connectivity index (χ0n) is 14.4. The van der Waals surface area contributed by atoms with Gasteiger partial charge in [-0.05, 0) is 36.1 Å². The van der Waals surface area contributed by atoms with Gasteiger partial charge in [0.05, 0.1) is 10.6 Å². The van der Waals surface area contributed by atoms with E-state index in [1.54, 1.807) is 18.2 Å². The van der Waals surface area contributed by atoms with Crippen LogP contribution in [0.2, 0.25) is 0 Å². The minimum atomic E-state index is -3.66. The molecule has 25 heavy (non-hydrogen) atoms. The molecule has 0 bridgehead atoms. The number of hydrogen-bond donors (Lipinski definition) is 2. The quantitative estimate of drug-likeness (QED) is 0.716. The van der Waals surface area contributed by atoms with E-state index < -0.39 is 10.0 Å². The number of aromatic amines is 1. The Hall–Kier alpha value is -2.60. The van der Waals surface area contributed by atoms with E-state index in [2.05, 4.69) is 28.8 Å². The first-order valence-electron chi connectivity index (χ1n) is 8.10. The van der Waals surface area contributed by atoms with Crippen molar-refractivity contribution in [1.82, 2.24) is 10.2 Å². The molecule has 130 valence electrons. The molecule has 0 atom stereocenters. The van der Waals surface area contributed by atoms with Crippen LogP contribution in [-0.4, -0.2) is 18.6 Å². The van der Waals surface area contributed by atoms with E-state index in [0.29, 0.717) is 5.92 Å². The van der Waals surface area contributed by atoms with Gasteiger partial charge in [0.15, 0.2) is 5.82 Å². The fourth-order valence-electron chi connectivity index (χ4n) is 2.48. The molecule has 0 aliphatic carbocycles. The van der Waals surface area contributed by atoms with E-state index >= 15 is 0 Å². The molecular formula is C19H21N3O2S. The Balaban J connectivity index is 1.80. The summed E-state index contributed by atoms with van der Waals surface area (Å²) in [5.41, 5.74) is 3.96.